The highest BCUT2D eigenvalue weighted by Gasteiger charge is 2.08. The zero-order valence-corrected chi connectivity index (χ0v) is 10.0. The molecule has 0 radical (unpaired) electrons. The molecule has 0 aliphatic rings. The van der Waals surface area contributed by atoms with Crippen LogP contribution in [0.15, 0.2) is 43.0 Å². The van der Waals surface area contributed by atoms with Gasteiger partial charge in [-0.05, 0) is 13.0 Å². The van der Waals surface area contributed by atoms with Crippen molar-refractivity contribution in [3.8, 4) is 11.4 Å². The van der Waals surface area contributed by atoms with Gasteiger partial charge in [-0.3, -0.25) is 0 Å². The number of hydrogen-bond acceptors (Lipinski definition) is 3. The van der Waals surface area contributed by atoms with Gasteiger partial charge in [0.2, 0.25) is 0 Å². The topological polar surface area (TPSA) is 43.1 Å². The number of aromatic nitrogens is 4. The van der Waals surface area contributed by atoms with Crippen molar-refractivity contribution >= 4 is 11.7 Å². The van der Waals surface area contributed by atoms with Crippen LogP contribution in [0, 0.1) is 6.92 Å². The fourth-order valence-corrected chi connectivity index (χ4v) is 1.87. The number of aryl methyl sites for hydroxylation is 1. The Hall–Kier alpha value is -2.49. The Morgan fingerprint density at radius 3 is 2.67 bits per heavy atom. The van der Waals surface area contributed by atoms with Crippen LogP contribution in [0.2, 0.25) is 0 Å². The highest BCUT2D eigenvalue weighted by Crippen LogP contribution is 2.16. The molecule has 2 heterocycles. The molecule has 0 unspecified atom stereocenters. The summed E-state index contributed by atoms with van der Waals surface area (Å²) in [6.07, 6.45) is 1.71. The molecule has 0 aliphatic carbocycles. The fourth-order valence-electron chi connectivity index (χ4n) is 1.87. The number of benzene rings is 1. The smallest absolute Gasteiger partial charge is 0.182 e. The summed E-state index contributed by atoms with van der Waals surface area (Å²) in [6, 6.07) is 11.8. The fraction of sp³-hybridized carbons (Fsp3) is 0.0714. The van der Waals surface area contributed by atoms with Gasteiger partial charge in [0.1, 0.15) is 5.82 Å². The monoisotopic (exact) mass is 236 g/mol. The second kappa shape index (κ2) is 4.07. The maximum Gasteiger partial charge on any atom is 0.182 e. The molecule has 2 aromatic heterocycles. The maximum atomic E-state index is 4.52. The van der Waals surface area contributed by atoms with Crippen LogP contribution in [-0.2, 0) is 0 Å². The quantitative estimate of drug-likeness (QED) is 0.687. The van der Waals surface area contributed by atoms with Crippen molar-refractivity contribution in [1.82, 2.24) is 19.6 Å². The standard InChI is InChI=1S/C14H12N4/c1-3-12-9-13-16-14(11-7-5-4-6-8-11)17-18(13)10(2)15-12/h3-9H,1H2,2H3. The first-order valence-electron chi connectivity index (χ1n) is 5.70. The average molecular weight is 236 g/mol. The van der Waals surface area contributed by atoms with E-state index in [2.05, 4.69) is 21.6 Å². The number of hydrogen-bond donors (Lipinski definition) is 0. The third-order valence-corrected chi connectivity index (χ3v) is 2.75. The molecule has 0 N–H and O–H groups in total. The average Bonchev–Trinajstić information content (AvgIpc) is 2.84. The van der Waals surface area contributed by atoms with E-state index >= 15 is 0 Å². The normalized spacial score (nSPS) is 10.7. The minimum Gasteiger partial charge on any atom is -0.234 e. The Balaban J connectivity index is 2.23. The largest absolute Gasteiger partial charge is 0.234 e. The molecule has 88 valence electrons. The Morgan fingerprint density at radius 1 is 1.17 bits per heavy atom. The van der Waals surface area contributed by atoms with Crippen LogP contribution in [0.3, 0.4) is 0 Å². The van der Waals surface area contributed by atoms with Crippen LogP contribution >= 0.6 is 0 Å². The van der Waals surface area contributed by atoms with Crippen molar-refractivity contribution < 1.29 is 0 Å². The summed E-state index contributed by atoms with van der Waals surface area (Å²) in [5.41, 5.74) is 2.60. The molecule has 4 heteroatoms. The molecule has 0 bridgehead atoms. The lowest BCUT2D eigenvalue weighted by molar-refractivity contribution is 0.863. The summed E-state index contributed by atoms with van der Waals surface area (Å²) >= 11 is 0. The van der Waals surface area contributed by atoms with Gasteiger partial charge in [-0.25, -0.2) is 9.97 Å². The van der Waals surface area contributed by atoms with Crippen molar-refractivity contribution in [2.75, 3.05) is 0 Å². The number of fused-ring (bicyclic) bond motifs is 1. The molecule has 18 heavy (non-hydrogen) atoms. The molecule has 3 rings (SSSR count). The maximum absolute atomic E-state index is 4.52. The van der Waals surface area contributed by atoms with Gasteiger partial charge in [-0.2, -0.15) is 4.52 Å². The van der Waals surface area contributed by atoms with Gasteiger partial charge < -0.3 is 0 Å². The Kier molecular flexibility index (Phi) is 2.41. The van der Waals surface area contributed by atoms with Crippen LogP contribution in [0.5, 0.6) is 0 Å². The third-order valence-electron chi connectivity index (χ3n) is 2.75. The second-order valence-electron chi connectivity index (χ2n) is 4.00. The van der Waals surface area contributed by atoms with E-state index in [0.717, 1.165) is 22.7 Å². The number of rotatable bonds is 2. The van der Waals surface area contributed by atoms with E-state index in [-0.39, 0.29) is 0 Å². The zero-order chi connectivity index (χ0) is 12.5. The minimum absolute atomic E-state index is 0.710. The van der Waals surface area contributed by atoms with Gasteiger partial charge in [-0.1, -0.05) is 36.9 Å². The van der Waals surface area contributed by atoms with E-state index in [1.807, 2.05) is 43.3 Å². The zero-order valence-electron chi connectivity index (χ0n) is 10.0. The Labute approximate surface area is 105 Å². The first kappa shape index (κ1) is 10.7. The van der Waals surface area contributed by atoms with Crippen LogP contribution < -0.4 is 0 Å². The molecule has 0 atom stereocenters. The van der Waals surface area contributed by atoms with Crippen LogP contribution in [0.1, 0.15) is 11.5 Å². The van der Waals surface area contributed by atoms with Crippen molar-refractivity contribution in [2.45, 2.75) is 6.92 Å². The molecule has 0 spiro atoms. The van der Waals surface area contributed by atoms with E-state index < -0.39 is 0 Å². The summed E-state index contributed by atoms with van der Waals surface area (Å²) < 4.78 is 1.75. The van der Waals surface area contributed by atoms with Gasteiger partial charge in [0.05, 0.1) is 5.69 Å². The first-order chi connectivity index (χ1) is 8.78. The highest BCUT2D eigenvalue weighted by atomic mass is 15.3. The molecular weight excluding hydrogens is 224 g/mol. The molecule has 1 aromatic carbocycles. The molecule has 0 aliphatic heterocycles. The SMILES string of the molecule is C=Cc1cc2nc(-c3ccccc3)nn2c(C)n1. The molecule has 0 amide bonds. The molecule has 0 saturated carbocycles. The van der Waals surface area contributed by atoms with Crippen LogP contribution in [0.4, 0.5) is 0 Å². The third kappa shape index (κ3) is 1.68. The van der Waals surface area contributed by atoms with Crippen molar-refractivity contribution in [1.29, 1.82) is 0 Å². The predicted octanol–water partition coefficient (Wildman–Crippen LogP) is 2.74. The summed E-state index contributed by atoms with van der Waals surface area (Å²) in [4.78, 5) is 8.89. The second-order valence-corrected chi connectivity index (χ2v) is 4.00. The molecular formula is C14H12N4. The van der Waals surface area contributed by atoms with Crippen molar-refractivity contribution in [3.63, 3.8) is 0 Å². The van der Waals surface area contributed by atoms with Gasteiger partial charge in [0.25, 0.3) is 0 Å². The predicted molar refractivity (Wildman–Crippen MR) is 71.0 cm³/mol. The Bertz CT molecular complexity index is 713. The van der Waals surface area contributed by atoms with E-state index in [1.54, 1.807) is 10.6 Å². The Morgan fingerprint density at radius 2 is 1.94 bits per heavy atom. The van der Waals surface area contributed by atoms with Crippen LogP contribution in [0.25, 0.3) is 23.1 Å². The van der Waals surface area contributed by atoms with Crippen LogP contribution in [-0.4, -0.2) is 19.6 Å². The molecule has 3 aromatic rings. The van der Waals surface area contributed by atoms with Crippen molar-refractivity contribution in [2.24, 2.45) is 0 Å². The van der Waals surface area contributed by atoms with Gasteiger partial charge in [0, 0.05) is 11.6 Å². The summed E-state index contributed by atoms with van der Waals surface area (Å²) in [5, 5.41) is 4.47. The lowest BCUT2D eigenvalue weighted by atomic mass is 10.2. The molecule has 4 nitrogen and oxygen atoms in total. The first-order valence-corrected chi connectivity index (χ1v) is 5.70. The van der Waals surface area contributed by atoms with E-state index in [1.165, 1.54) is 0 Å². The molecule has 0 fully saturated rings. The van der Waals surface area contributed by atoms with Gasteiger partial charge in [0.15, 0.2) is 11.5 Å². The van der Waals surface area contributed by atoms with E-state index in [0.29, 0.717) is 5.82 Å². The van der Waals surface area contributed by atoms with Gasteiger partial charge >= 0.3 is 0 Å². The number of nitrogens with zero attached hydrogens (tertiary/aromatic N) is 4. The lowest BCUT2D eigenvalue weighted by Gasteiger charge is -1.98. The summed E-state index contributed by atoms with van der Waals surface area (Å²) in [5.74, 6) is 1.51. The highest BCUT2D eigenvalue weighted by molar-refractivity contribution is 5.59. The van der Waals surface area contributed by atoms with E-state index in [4.69, 9.17) is 0 Å². The molecule has 0 saturated heterocycles. The van der Waals surface area contributed by atoms with Gasteiger partial charge in [-0.15, -0.1) is 5.10 Å². The lowest BCUT2D eigenvalue weighted by Crippen LogP contribution is -1.98. The summed E-state index contributed by atoms with van der Waals surface area (Å²) in [7, 11) is 0. The summed E-state index contributed by atoms with van der Waals surface area (Å²) in [6.45, 7) is 5.63. The minimum atomic E-state index is 0.710. The van der Waals surface area contributed by atoms with Crippen molar-refractivity contribution in [3.05, 3.63) is 54.5 Å². The van der Waals surface area contributed by atoms with E-state index in [9.17, 15) is 0 Å².